The molecule has 0 atom stereocenters. The van der Waals surface area contributed by atoms with Crippen LogP contribution in [0, 0.1) is 6.92 Å². The number of esters is 1. The molecule has 7 heteroatoms. The van der Waals surface area contributed by atoms with E-state index in [9.17, 15) is 9.59 Å². The summed E-state index contributed by atoms with van der Waals surface area (Å²) < 4.78 is 10.7. The molecular formula is C25H31N3O4. The minimum absolute atomic E-state index is 0.166. The lowest BCUT2D eigenvalue weighted by atomic mass is 10.00. The van der Waals surface area contributed by atoms with Crippen LogP contribution in [0.5, 0.6) is 5.75 Å². The zero-order valence-corrected chi connectivity index (χ0v) is 19.0. The Morgan fingerprint density at radius 1 is 1.25 bits per heavy atom. The zero-order valence-electron chi connectivity index (χ0n) is 19.0. The SMILES string of the molecule is CCOC(=O)c1c(C)[nH]c(/C=C2\C(=O)Nc3ccc(OC)cc32)c1CCCN1CCCC1. The second-order valence-electron chi connectivity index (χ2n) is 8.31. The Balaban J connectivity index is 1.69. The Labute approximate surface area is 188 Å². The molecule has 1 aromatic heterocycles. The third-order valence-electron chi connectivity index (χ3n) is 6.20. The number of anilines is 1. The number of methoxy groups -OCH3 is 1. The summed E-state index contributed by atoms with van der Waals surface area (Å²) in [5.74, 6) is 0.202. The Morgan fingerprint density at radius 2 is 2.03 bits per heavy atom. The van der Waals surface area contributed by atoms with E-state index in [4.69, 9.17) is 9.47 Å². The van der Waals surface area contributed by atoms with E-state index in [1.165, 1.54) is 12.8 Å². The number of hydrogen-bond donors (Lipinski definition) is 2. The molecule has 1 amide bonds. The predicted octanol–water partition coefficient (Wildman–Crippen LogP) is 4.03. The lowest BCUT2D eigenvalue weighted by Crippen LogP contribution is -2.21. The maximum atomic E-state index is 12.7. The average molecular weight is 438 g/mol. The van der Waals surface area contributed by atoms with E-state index < -0.39 is 0 Å². The number of fused-ring (bicyclic) bond motifs is 1. The third-order valence-corrected chi connectivity index (χ3v) is 6.20. The first-order valence-electron chi connectivity index (χ1n) is 11.3. The van der Waals surface area contributed by atoms with E-state index in [1.807, 2.05) is 38.1 Å². The van der Waals surface area contributed by atoms with Gasteiger partial charge < -0.3 is 24.7 Å². The van der Waals surface area contributed by atoms with Gasteiger partial charge in [0.05, 0.1) is 24.9 Å². The van der Waals surface area contributed by atoms with E-state index in [0.29, 0.717) is 23.5 Å². The molecule has 0 spiro atoms. The fourth-order valence-corrected chi connectivity index (χ4v) is 4.63. The molecule has 1 saturated heterocycles. The summed E-state index contributed by atoms with van der Waals surface area (Å²) in [4.78, 5) is 31.3. The first-order chi connectivity index (χ1) is 15.5. The van der Waals surface area contributed by atoms with Crippen molar-refractivity contribution in [2.75, 3.05) is 38.7 Å². The van der Waals surface area contributed by atoms with Crippen molar-refractivity contribution in [1.29, 1.82) is 0 Å². The number of aromatic nitrogens is 1. The molecule has 0 radical (unpaired) electrons. The van der Waals surface area contributed by atoms with E-state index in [-0.39, 0.29) is 11.9 Å². The molecule has 0 unspecified atom stereocenters. The van der Waals surface area contributed by atoms with Crippen molar-refractivity contribution in [2.24, 2.45) is 0 Å². The first-order valence-corrected chi connectivity index (χ1v) is 11.3. The van der Waals surface area contributed by atoms with Gasteiger partial charge in [0.1, 0.15) is 5.75 Å². The highest BCUT2D eigenvalue weighted by Crippen LogP contribution is 2.36. The Hall–Kier alpha value is -3.06. The molecule has 2 aromatic rings. The van der Waals surface area contributed by atoms with E-state index in [2.05, 4.69) is 15.2 Å². The Morgan fingerprint density at radius 3 is 2.75 bits per heavy atom. The second kappa shape index (κ2) is 9.61. The summed E-state index contributed by atoms with van der Waals surface area (Å²) in [6.45, 7) is 7.30. The van der Waals surface area contributed by atoms with Gasteiger partial charge in [-0.2, -0.15) is 0 Å². The second-order valence-corrected chi connectivity index (χ2v) is 8.31. The van der Waals surface area contributed by atoms with Crippen molar-refractivity contribution in [1.82, 2.24) is 9.88 Å². The van der Waals surface area contributed by atoms with Crippen LogP contribution in [0.3, 0.4) is 0 Å². The van der Waals surface area contributed by atoms with Crippen LogP contribution in [-0.2, 0) is 16.0 Å². The smallest absolute Gasteiger partial charge is 0.340 e. The summed E-state index contributed by atoms with van der Waals surface area (Å²) in [5, 5.41) is 2.91. The van der Waals surface area contributed by atoms with Crippen LogP contribution in [0.25, 0.3) is 11.6 Å². The van der Waals surface area contributed by atoms with Gasteiger partial charge in [0.2, 0.25) is 0 Å². The van der Waals surface area contributed by atoms with Crippen LogP contribution < -0.4 is 10.1 Å². The van der Waals surface area contributed by atoms with Gasteiger partial charge in [0, 0.05) is 22.6 Å². The fraction of sp³-hybridized carbons (Fsp3) is 0.440. The number of H-pyrrole nitrogens is 1. The number of aryl methyl sites for hydroxylation is 1. The van der Waals surface area contributed by atoms with E-state index in [0.717, 1.165) is 60.7 Å². The molecular weight excluding hydrogens is 406 g/mol. The van der Waals surface area contributed by atoms with Crippen LogP contribution in [0.1, 0.15) is 59.1 Å². The van der Waals surface area contributed by atoms with Crippen molar-refractivity contribution in [3.05, 3.63) is 46.3 Å². The number of nitrogens with zero attached hydrogens (tertiary/aromatic N) is 1. The average Bonchev–Trinajstić information content (AvgIpc) is 3.47. The van der Waals surface area contributed by atoms with Gasteiger partial charge >= 0.3 is 5.97 Å². The topological polar surface area (TPSA) is 83.7 Å². The van der Waals surface area contributed by atoms with E-state index in [1.54, 1.807) is 7.11 Å². The van der Waals surface area contributed by atoms with Crippen LogP contribution in [0.4, 0.5) is 5.69 Å². The molecule has 0 bridgehead atoms. The lowest BCUT2D eigenvalue weighted by Gasteiger charge is -2.14. The van der Waals surface area contributed by atoms with Crippen LogP contribution in [0.15, 0.2) is 18.2 Å². The highest BCUT2D eigenvalue weighted by molar-refractivity contribution is 6.35. The van der Waals surface area contributed by atoms with Crippen LogP contribution in [-0.4, -0.2) is 55.1 Å². The maximum Gasteiger partial charge on any atom is 0.340 e. The van der Waals surface area contributed by atoms with Crippen LogP contribution >= 0.6 is 0 Å². The molecule has 32 heavy (non-hydrogen) atoms. The molecule has 7 nitrogen and oxygen atoms in total. The Bertz CT molecular complexity index is 1050. The standard InChI is InChI=1S/C25H31N3O4/c1-4-32-25(30)23-16(2)26-22(18(23)8-7-13-28-11-5-6-12-28)15-20-19-14-17(31-3)9-10-21(19)27-24(20)29/h9-10,14-15,26H,4-8,11-13H2,1-3H3,(H,27,29)/b20-15-. The summed E-state index contributed by atoms with van der Waals surface area (Å²) >= 11 is 0. The molecule has 4 rings (SSSR count). The van der Waals surface area contributed by atoms with Crippen molar-refractivity contribution >= 4 is 29.2 Å². The lowest BCUT2D eigenvalue weighted by molar-refractivity contribution is -0.110. The monoisotopic (exact) mass is 437 g/mol. The van der Waals surface area contributed by atoms with Gasteiger partial charge in [-0.15, -0.1) is 0 Å². The quantitative estimate of drug-likeness (QED) is 0.481. The number of carbonyl (C=O) groups is 2. The number of amides is 1. The van der Waals surface area contributed by atoms with Crippen molar-refractivity contribution in [3.63, 3.8) is 0 Å². The number of benzene rings is 1. The molecule has 1 aromatic carbocycles. The molecule has 2 aliphatic heterocycles. The molecule has 0 saturated carbocycles. The molecule has 3 heterocycles. The number of hydrogen-bond acceptors (Lipinski definition) is 5. The van der Waals surface area contributed by atoms with Crippen molar-refractivity contribution < 1.29 is 19.1 Å². The van der Waals surface area contributed by atoms with Gasteiger partial charge in [-0.25, -0.2) is 4.79 Å². The maximum absolute atomic E-state index is 12.7. The summed E-state index contributed by atoms with van der Waals surface area (Å²) in [7, 11) is 1.60. The molecule has 1 fully saturated rings. The predicted molar refractivity (Wildman–Crippen MR) is 125 cm³/mol. The molecule has 0 aliphatic carbocycles. The number of carbonyl (C=O) groups excluding carboxylic acids is 2. The fourth-order valence-electron chi connectivity index (χ4n) is 4.63. The van der Waals surface area contributed by atoms with Gasteiger partial charge in [0.25, 0.3) is 5.91 Å². The largest absolute Gasteiger partial charge is 0.497 e. The van der Waals surface area contributed by atoms with Crippen LogP contribution in [0.2, 0.25) is 0 Å². The molecule has 2 aliphatic rings. The highest BCUT2D eigenvalue weighted by atomic mass is 16.5. The minimum Gasteiger partial charge on any atom is -0.497 e. The van der Waals surface area contributed by atoms with Gasteiger partial charge in [-0.3, -0.25) is 4.79 Å². The summed E-state index contributed by atoms with van der Waals surface area (Å²) in [5.41, 5.74) is 5.15. The number of rotatable bonds is 8. The molecule has 170 valence electrons. The third kappa shape index (κ3) is 4.43. The first kappa shape index (κ1) is 22.1. The number of ether oxygens (including phenoxy) is 2. The number of likely N-dealkylation sites (tertiary alicyclic amines) is 1. The van der Waals surface area contributed by atoms with Gasteiger partial charge in [0.15, 0.2) is 0 Å². The zero-order chi connectivity index (χ0) is 22.7. The minimum atomic E-state index is -0.319. The van der Waals surface area contributed by atoms with Crippen molar-refractivity contribution in [2.45, 2.75) is 39.5 Å². The van der Waals surface area contributed by atoms with Crippen molar-refractivity contribution in [3.8, 4) is 5.75 Å². The Kier molecular flexibility index (Phi) is 6.65. The highest BCUT2D eigenvalue weighted by Gasteiger charge is 2.27. The summed E-state index contributed by atoms with van der Waals surface area (Å²) in [6.07, 6.45) is 6.04. The molecule has 2 N–H and O–H groups in total. The summed E-state index contributed by atoms with van der Waals surface area (Å²) in [6, 6.07) is 5.52. The number of aromatic amines is 1. The normalized spacial score (nSPS) is 17.0. The van der Waals surface area contributed by atoms with Gasteiger partial charge in [-0.1, -0.05) is 0 Å². The van der Waals surface area contributed by atoms with Gasteiger partial charge in [-0.05, 0) is 89.0 Å². The number of nitrogens with one attached hydrogen (secondary N) is 2. The van der Waals surface area contributed by atoms with E-state index >= 15 is 0 Å².